The summed E-state index contributed by atoms with van der Waals surface area (Å²) < 4.78 is 0. The summed E-state index contributed by atoms with van der Waals surface area (Å²) in [5.41, 5.74) is 2.18. The predicted molar refractivity (Wildman–Crippen MR) is 76.4 cm³/mol. The Morgan fingerprint density at radius 3 is 2.90 bits per heavy atom. The maximum Gasteiger partial charge on any atom is 0.254 e. The summed E-state index contributed by atoms with van der Waals surface area (Å²) in [6, 6.07) is 5.29. The number of carbonyl (C=O) groups excluding carboxylic acids is 2. The average Bonchev–Trinajstić information content (AvgIpc) is 2.93. The number of imidazole rings is 1. The molecule has 2 N–H and O–H groups in total. The van der Waals surface area contributed by atoms with Gasteiger partial charge in [0.2, 0.25) is 5.91 Å². The second-order valence-electron chi connectivity index (χ2n) is 4.53. The van der Waals surface area contributed by atoms with Crippen LogP contribution >= 0.6 is 0 Å². The number of aromatic nitrogens is 2. The molecule has 0 saturated heterocycles. The Bertz CT molecular complexity index is 620. The molecule has 0 aliphatic rings. The van der Waals surface area contributed by atoms with Gasteiger partial charge in [-0.3, -0.25) is 9.59 Å². The van der Waals surface area contributed by atoms with Gasteiger partial charge >= 0.3 is 0 Å². The topological polar surface area (TPSA) is 78.1 Å². The minimum atomic E-state index is -0.172. The first-order valence-corrected chi connectivity index (χ1v) is 6.58. The van der Waals surface area contributed by atoms with E-state index in [9.17, 15) is 9.59 Å². The molecule has 0 fully saturated rings. The van der Waals surface area contributed by atoms with Crippen molar-refractivity contribution in [3.63, 3.8) is 0 Å². The molecule has 0 spiro atoms. The van der Waals surface area contributed by atoms with Crippen molar-refractivity contribution in [3.8, 4) is 0 Å². The molecule has 1 heterocycles. The summed E-state index contributed by atoms with van der Waals surface area (Å²) in [6.45, 7) is 2.60. The minimum Gasteiger partial charge on any atom is -0.358 e. The van der Waals surface area contributed by atoms with Crippen LogP contribution in [0.5, 0.6) is 0 Å². The van der Waals surface area contributed by atoms with Crippen molar-refractivity contribution in [3.05, 3.63) is 30.1 Å². The molecule has 0 radical (unpaired) electrons. The first kappa shape index (κ1) is 14.0. The van der Waals surface area contributed by atoms with Gasteiger partial charge in [-0.15, -0.1) is 0 Å². The van der Waals surface area contributed by atoms with Gasteiger partial charge in [-0.25, -0.2) is 4.98 Å². The Morgan fingerprint density at radius 1 is 1.40 bits per heavy atom. The lowest BCUT2D eigenvalue weighted by Gasteiger charge is -2.21. The maximum absolute atomic E-state index is 12.5. The van der Waals surface area contributed by atoms with Crippen LogP contribution in [0.4, 0.5) is 0 Å². The quantitative estimate of drug-likeness (QED) is 0.859. The standard InChI is InChI=1S/C14H18N4O2/c1-3-6-18(8-13(19)15-2)14(20)10-4-5-11-12(7-10)17-9-16-11/h4-5,7,9H,3,6,8H2,1-2H3,(H,15,19)(H,16,17). The normalized spacial score (nSPS) is 10.5. The van der Waals surface area contributed by atoms with Gasteiger partial charge < -0.3 is 15.2 Å². The summed E-state index contributed by atoms with van der Waals surface area (Å²) in [6.07, 6.45) is 2.39. The van der Waals surface area contributed by atoms with Gasteiger partial charge in [-0.05, 0) is 24.6 Å². The zero-order chi connectivity index (χ0) is 14.5. The predicted octanol–water partition coefficient (Wildman–Crippen LogP) is 1.16. The van der Waals surface area contributed by atoms with Crippen LogP contribution in [0.1, 0.15) is 23.7 Å². The van der Waals surface area contributed by atoms with Gasteiger partial charge in [-0.1, -0.05) is 6.92 Å². The zero-order valence-electron chi connectivity index (χ0n) is 11.6. The summed E-state index contributed by atoms with van der Waals surface area (Å²) >= 11 is 0. The number of rotatable bonds is 5. The van der Waals surface area contributed by atoms with Crippen LogP contribution in [0.25, 0.3) is 11.0 Å². The first-order valence-electron chi connectivity index (χ1n) is 6.58. The van der Waals surface area contributed by atoms with E-state index in [2.05, 4.69) is 15.3 Å². The number of benzene rings is 1. The van der Waals surface area contributed by atoms with E-state index < -0.39 is 0 Å². The smallest absolute Gasteiger partial charge is 0.254 e. The minimum absolute atomic E-state index is 0.0736. The first-order chi connectivity index (χ1) is 9.65. The number of nitrogens with zero attached hydrogens (tertiary/aromatic N) is 2. The lowest BCUT2D eigenvalue weighted by atomic mass is 10.1. The summed E-state index contributed by atoms with van der Waals surface area (Å²) in [4.78, 5) is 32.6. The van der Waals surface area contributed by atoms with Crippen molar-refractivity contribution >= 4 is 22.8 Å². The highest BCUT2D eigenvalue weighted by molar-refractivity contribution is 5.99. The molecule has 0 bridgehead atoms. The third-order valence-electron chi connectivity index (χ3n) is 3.06. The molecule has 106 valence electrons. The molecule has 0 unspecified atom stereocenters. The molecular formula is C14H18N4O2. The van der Waals surface area contributed by atoms with Crippen LogP contribution in [-0.4, -0.2) is 46.8 Å². The Kier molecular flexibility index (Phi) is 4.34. The number of H-pyrrole nitrogens is 1. The number of hydrogen-bond donors (Lipinski definition) is 2. The van der Waals surface area contributed by atoms with E-state index in [0.717, 1.165) is 17.5 Å². The second kappa shape index (κ2) is 6.18. The Labute approximate surface area is 117 Å². The lowest BCUT2D eigenvalue weighted by molar-refractivity contribution is -0.121. The molecule has 2 aromatic rings. The molecule has 0 saturated carbocycles. The van der Waals surface area contributed by atoms with Crippen LogP contribution in [0.15, 0.2) is 24.5 Å². The van der Waals surface area contributed by atoms with E-state index in [1.807, 2.05) is 6.92 Å². The fraction of sp³-hybridized carbons (Fsp3) is 0.357. The number of amides is 2. The van der Waals surface area contributed by atoms with Gasteiger partial charge in [0.15, 0.2) is 0 Å². The van der Waals surface area contributed by atoms with Crippen LogP contribution in [-0.2, 0) is 4.79 Å². The molecule has 2 amide bonds. The van der Waals surface area contributed by atoms with Crippen molar-refractivity contribution in [2.24, 2.45) is 0 Å². The molecule has 0 aliphatic heterocycles. The maximum atomic E-state index is 12.5. The van der Waals surface area contributed by atoms with Crippen LogP contribution in [0.2, 0.25) is 0 Å². The number of carbonyl (C=O) groups is 2. The molecule has 0 atom stereocenters. The fourth-order valence-corrected chi connectivity index (χ4v) is 2.03. The summed E-state index contributed by atoms with van der Waals surface area (Å²) in [7, 11) is 1.56. The number of hydrogen-bond acceptors (Lipinski definition) is 3. The molecule has 6 heteroatoms. The van der Waals surface area contributed by atoms with Crippen molar-refractivity contribution in [1.82, 2.24) is 20.2 Å². The number of likely N-dealkylation sites (N-methyl/N-ethyl adjacent to an activating group) is 1. The van der Waals surface area contributed by atoms with Crippen LogP contribution in [0, 0.1) is 0 Å². The van der Waals surface area contributed by atoms with Crippen molar-refractivity contribution < 1.29 is 9.59 Å². The Balaban J connectivity index is 2.23. The number of aromatic amines is 1. The van der Waals surface area contributed by atoms with Crippen LogP contribution in [0.3, 0.4) is 0 Å². The lowest BCUT2D eigenvalue weighted by Crippen LogP contribution is -2.40. The SMILES string of the molecule is CCCN(CC(=O)NC)C(=O)c1ccc2nc[nH]c2c1. The Morgan fingerprint density at radius 2 is 2.20 bits per heavy atom. The molecule has 1 aromatic heterocycles. The number of nitrogens with one attached hydrogen (secondary N) is 2. The van der Waals surface area contributed by atoms with E-state index in [1.54, 1.807) is 36.5 Å². The van der Waals surface area contributed by atoms with Crippen molar-refractivity contribution in [2.75, 3.05) is 20.1 Å². The average molecular weight is 274 g/mol. The van der Waals surface area contributed by atoms with Gasteiger partial charge in [0.05, 0.1) is 23.9 Å². The largest absolute Gasteiger partial charge is 0.358 e. The molecule has 0 aliphatic carbocycles. The van der Waals surface area contributed by atoms with E-state index in [0.29, 0.717) is 12.1 Å². The van der Waals surface area contributed by atoms with Crippen LogP contribution < -0.4 is 5.32 Å². The Hall–Kier alpha value is -2.37. The van der Waals surface area contributed by atoms with E-state index in [1.165, 1.54) is 0 Å². The van der Waals surface area contributed by atoms with Crippen molar-refractivity contribution in [1.29, 1.82) is 0 Å². The molecule has 20 heavy (non-hydrogen) atoms. The van der Waals surface area contributed by atoms with Gasteiger partial charge in [-0.2, -0.15) is 0 Å². The van der Waals surface area contributed by atoms with Gasteiger partial charge in [0.25, 0.3) is 5.91 Å². The summed E-state index contributed by atoms with van der Waals surface area (Å²) in [5, 5.41) is 2.54. The van der Waals surface area contributed by atoms with E-state index in [4.69, 9.17) is 0 Å². The number of fused-ring (bicyclic) bond motifs is 1. The molecule has 2 rings (SSSR count). The van der Waals surface area contributed by atoms with Crippen molar-refractivity contribution in [2.45, 2.75) is 13.3 Å². The van der Waals surface area contributed by atoms with E-state index in [-0.39, 0.29) is 18.4 Å². The highest BCUT2D eigenvalue weighted by Crippen LogP contribution is 2.13. The van der Waals surface area contributed by atoms with Gasteiger partial charge in [0.1, 0.15) is 0 Å². The second-order valence-corrected chi connectivity index (χ2v) is 4.53. The van der Waals surface area contributed by atoms with Gasteiger partial charge in [0, 0.05) is 19.2 Å². The summed E-state index contributed by atoms with van der Waals surface area (Å²) in [5.74, 6) is -0.318. The highest BCUT2D eigenvalue weighted by atomic mass is 16.2. The third kappa shape index (κ3) is 2.96. The fourth-order valence-electron chi connectivity index (χ4n) is 2.03. The molecule has 1 aromatic carbocycles. The highest BCUT2D eigenvalue weighted by Gasteiger charge is 2.18. The molecular weight excluding hydrogens is 256 g/mol. The third-order valence-corrected chi connectivity index (χ3v) is 3.06. The monoisotopic (exact) mass is 274 g/mol. The molecule has 6 nitrogen and oxygen atoms in total. The van der Waals surface area contributed by atoms with E-state index >= 15 is 0 Å². The zero-order valence-corrected chi connectivity index (χ0v) is 11.6.